The standard InChI is InChI=1S/C19H24ClFN2O3/c1-22(11-17(24)25)12-4-3-8-23(9-7-12)19(26)14-10-13(14)18-15(20)5-2-6-16(18)21/h2,5-6,12-14H,3-4,7-11H2,1H3,(H,24,25)/t12-,13-,14-/m1/s1. The molecule has 1 amide bonds. The van der Waals surface area contributed by atoms with Crippen molar-refractivity contribution in [3.05, 3.63) is 34.6 Å². The van der Waals surface area contributed by atoms with E-state index in [0.717, 1.165) is 19.3 Å². The highest BCUT2D eigenvalue weighted by Crippen LogP contribution is 2.51. The van der Waals surface area contributed by atoms with Gasteiger partial charge in [0.25, 0.3) is 0 Å². The lowest BCUT2D eigenvalue weighted by Gasteiger charge is -2.25. The molecule has 3 atom stereocenters. The van der Waals surface area contributed by atoms with Crippen LogP contribution in [0.3, 0.4) is 0 Å². The van der Waals surface area contributed by atoms with Crippen molar-refractivity contribution >= 4 is 23.5 Å². The molecule has 5 nitrogen and oxygen atoms in total. The molecule has 1 aromatic carbocycles. The average molecular weight is 383 g/mol. The van der Waals surface area contributed by atoms with E-state index in [2.05, 4.69) is 0 Å². The highest BCUT2D eigenvalue weighted by Gasteiger charge is 2.47. The molecular weight excluding hydrogens is 359 g/mol. The van der Waals surface area contributed by atoms with E-state index < -0.39 is 5.97 Å². The fourth-order valence-corrected chi connectivity index (χ4v) is 4.27. The number of aliphatic carboxylic acids is 1. The van der Waals surface area contributed by atoms with Gasteiger partial charge in [0.1, 0.15) is 5.82 Å². The first-order chi connectivity index (χ1) is 12.4. The molecule has 0 aromatic heterocycles. The van der Waals surface area contributed by atoms with Gasteiger partial charge in [0.05, 0.1) is 6.54 Å². The number of benzene rings is 1. The van der Waals surface area contributed by atoms with E-state index in [0.29, 0.717) is 30.1 Å². The summed E-state index contributed by atoms with van der Waals surface area (Å²) in [5.74, 6) is -1.45. The van der Waals surface area contributed by atoms with E-state index in [4.69, 9.17) is 16.7 Å². The quantitative estimate of drug-likeness (QED) is 0.850. The van der Waals surface area contributed by atoms with E-state index in [-0.39, 0.29) is 36.1 Å². The topological polar surface area (TPSA) is 60.9 Å². The van der Waals surface area contributed by atoms with Crippen LogP contribution >= 0.6 is 11.6 Å². The molecular formula is C19H24ClFN2O3. The first kappa shape index (κ1) is 19.1. The second-order valence-corrected chi connectivity index (χ2v) is 7.71. The third kappa shape index (κ3) is 4.18. The molecule has 0 unspecified atom stereocenters. The van der Waals surface area contributed by atoms with Crippen LogP contribution in [0.25, 0.3) is 0 Å². The number of carbonyl (C=O) groups is 2. The van der Waals surface area contributed by atoms with Crippen LogP contribution in [0.1, 0.15) is 37.2 Å². The summed E-state index contributed by atoms with van der Waals surface area (Å²) < 4.78 is 14.1. The second-order valence-electron chi connectivity index (χ2n) is 7.30. The Kier molecular flexibility index (Phi) is 5.82. The van der Waals surface area contributed by atoms with Gasteiger partial charge in [-0.15, -0.1) is 0 Å². The Hall–Kier alpha value is -1.66. The van der Waals surface area contributed by atoms with Crippen LogP contribution in [0, 0.1) is 11.7 Å². The molecule has 1 aliphatic heterocycles. The van der Waals surface area contributed by atoms with E-state index in [1.165, 1.54) is 6.07 Å². The molecule has 26 heavy (non-hydrogen) atoms. The minimum absolute atomic E-state index is 0.00902. The van der Waals surface area contributed by atoms with Crippen molar-refractivity contribution in [1.82, 2.24) is 9.80 Å². The lowest BCUT2D eigenvalue weighted by atomic mass is 10.1. The van der Waals surface area contributed by atoms with Gasteiger partial charge in [-0.05, 0) is 44.9 Å². The Morgan fingerprint density at radius 2 is 2.12 bits per heavy atom. The number of rotatable bonds is 5. The molecule has 0 spiro atoms. The van der Waals surface area contributed by atoms with Crippen LogP contribution in [-0.2, 0) is 9.59 Å². The number of hydrogen-bond acceptors (Lipinski definition) is 3. The third-order valence-corrected chi connectivity index (χ3v) is 5.83. The Bertz CT molecular complexity index is 679. The van der Waals surface area contributed by atoms with Gasteiger partial charge in [-0.3, -0.25) is 14.5 Å². The SMILES string of the molecule is CN(CC(=O)O)[C@@H]1CCCN(C(=O)[C@@H]2C[C@H]2c2c(F)cccc2Cl)CC1. The molecule has 2 aliphatic rings. The van der Waals surface area contributed by atoms with Gasteiger partial charge in [-0.2, -0.15) is 0 Å². The Morgan fingerprint density at radius 1 is 1.35 bits per heavy atom. The monoisotopic (exact) mass is 382 g/mol. The van der Waals surface area contributed by atoms with Gasteiger partial charge in [0, 0.05) is 41.6 Å². The lowest BCUT2D eigenvalue weighted by Crippen LogP contribution is -2.37. The number of carboxylic acid groups (broad SMARTS) is 1. The van der Waals surface area contributed by atoms with Crippen LogP contribution < -0.4 is 0 Å². The van der Waals surface area contributed by atoms with Crippen molar-refractivity contribution in [2.75, 3.05) is 26.7 Å². The molecule has 3 rings (SSSR count). The predicted molar refractivity (Wildman–Crippen MR) is 96.7 cm³/mol. The van der Waals surface area contributed by atoms with Crippen LogP contribution in [0.4, 0.5) is 4.39 Å². The summed E-state index contributed by atoms with van der Waals surface area (Å²) in [5.41, 5.74) is 0.460. The number of likely N-dealkylation sites (tertiary alicyclic amines) is 1. The maximum atomic E-state index is 14.1. The van der Waals surface area contributed by atoms with Gasteiger partial charge in [0.2, 0.25) is 5.91 Å². The van der Waals surface area contributed by atoms with E-state index in [9.17, 15) is 14.0 Å². The highest BCUT2D eigenvalue weighted by molar-refractivity contribution is 6.31. The average Bonchev–Trinajstić information content (AvgIpc) is 3.36. The number of likely N-dealkylation sites (N-methyl/N-ethyl adjacent to an activating group) is 1. The predicted octanol–water partition coefficient (Wildman–Crippen LogP) is 2.98. The number of hydrogen-bond donors (Lipinski definition) is 1. The van der Waals surface area contributed by atoms with Gasteiger partial charge in [0.15, 0.2) is 0 Å². The smallest absolute Gasteiger partial charge is 0.317 e. The largest absolute Gasteiger partial charge is 0.480 e. The maximum Gasteiger partial charge on any atom is 0.317 e. The Labute approximate surface area is 157 Å². The fraction of sp³-hybridized carbons (Fsp3) is 0.579. The molecule has 1 aliphatic carbocycles. The molecule has 2 fully saturated rings. The molecule has 0 bridgehead atoms. The van der Waals surface area contributed by atoms with Crippen molar-refractivity contribution < 1.29 is 19.1 Å². The molecule has 1 heterocycles. The van der Waals surface area contributed by atoms with E-state index in [1.54, 1.807) is 12.1 Å². The zero-order valence-corrected chi connectivity index (χ0v) is 15.6. The summed E-state index contributed by atoms with van der Waals surface area (Å²) in [7, 11) is 1.81. The Balaban J connectivity index is 1.59. The molecule has 1 aromatic rings. The number of nitrogens with zero attached hydrogens (tertiary/aromatic N) is 2. The summed E-state index contributed by atoms with van der Waals surface area (Å²) in [6.07, 6.45) is 3.12. The fourth-order valence-electron chi connectivity index (χ4n) is 3.97. The third-order valence-electron chi connectivity index (χ3n) is 5.50. The zero-order chi connectivity index (χ0) is 18.8. The van der Waals surface area contributed by atoms with Crippen LogP contribution in [-0.4, -0.2) is 59.5 Å². The normalized spacial score (nSPS) is 25.8. The van der Waals surface area contributed by atoms with Crippen molar-refractivity contribution in [1.29, 1.82) is 0 Å². The van der Waals surface area contributed by atoms with Crippen LogP contribution in [0.15, 0.2) is 18.2 Å². The Morgan fingerprint density at radius 3 is 2.81 bits per heavy atom. The van der Waals surface area contributed by atoms with Crippen molar-refractivity contribution in [2.24, 2.45) is 5.92 Å². The molecule has 0 radical (unpaired) electrons. The summed E-state index contributed by atoms with van der Waals surface area (Å²) >= 11 is 6.12. The van der Waals surface area contributed by atoms with Crippen molar-refractivity contribution in [3.63, 3.8) is 0 Å². The minimum Gasteiger partial charge on any atom is -0.480 e. The highest BCUT2D eigenvalue weighted by atomic mass is 35.5. The van der Waals surface area contributed by atoms with E-state index >= 15 is 0 Å². The summed E-state index contributed by atoms with van der Waals surface area (Å²) in [5, 5.41) is 9.33. The van der Waals surface area contributed by atoms with Crippen LogP contribution in [0.5, 0.6) is 0 Å². The maximum absolute atomic E-state index is 14.1. The van der Waals surface area contributed by atoms with Crippen molar-refractivity contribution in [2.45, 2.75) is 37.6 Å². The first-order valence-corrected chi connectivity index (χ1v) is 9.41. The summed E-state index contributed by atoms with van der Waals surface area (Å²) in [6.45, 7) is 1.29. The molecule has 1 saturated heterocycles. The minimum atomic E-state index is -0.840. The number of amides is 1. The van der Waals surface area contributed by atoms with Gasteiger partial charge < -0.3 is 10.0 Å². The number of carboxylic acids is 1. The van der Waals surface area contributed by atoms with Gasteiger partial charge in [-0.25, -0.2) is 4.39 Å². The van der Waals surface area contributed by atoms with Gasteiger partial charge in [-0.1, -0.05) is 17.7 Å². The molecule has 1 saturated carbocycles. The van der Waals surface area contributed by atoms with Crippen LogP contribution in [0.2, 0.25) is 5.02 Å². The number of carbonyl (C=O) groups excluding carboxylic acids is 1. The number of halogens is 2. The summed E-state index contributed by atoms with van der Waals surface area (Å²) in [6, 6.07) is 4.79. The first-order valence-electron chi connectivity index (χ1n) is 9.03. The second kappa shape index (κ2) is 7.92. The molecule has 1 N–H and O–H groups in total. The summed E-state index contributed by atoms with van der Waals surface area (Å²) in [4.78, 5) is 27.4. The lowest BCUT2D eigenvalue weighted by molar-refractivity contribution is -0.138. The zero-order valence-electron chi connectivity index (χ0n) is 14.8. The van der Waals surface area contributed by atoms with Gasteiger partial charge >= 0.3 is 5.97 Å². The molecule has 142 valence electrons. The van der Waals surface area contributed by atoms with Crippen molar-refractivity contribution in [3.8, 4) is 0 Å². The molecule has 7 heteroatoms. The van der Waals surface area contributed by atoms with E-state index in [1.807, 2.05) is 16.8 Å².